The molecule has 0 unspecified atom stereocenters. The van der Waals surface area contributed by atoms with Crippen LogP contribution in [0, 0.1) is 0 Å². The van der Waals surface area contributed by atoms with Crippen molar-refractivity contribution in [3.05, 3.63) is 67.1 Å². The maximum atomic E-state index is 12.8. The molecule has 0 amide bonds. The Bertz CT molecular complexity index is 1040. The topological polar surface area (TPSA) is 74.3 Å². The second kappa shape index (κ2) is 6.06. The van der Waals surface area contributed by atoms with Crippen LogP contribution in [0.25, 0.3) is 22.9 Å². The van der Waals surface area contributed by atoms with Crippen LogP contribution in [0.5, 0.6) is 0 Å². The first-order valence-electron chi connectivity index (χ1n) is 7.42. The predicted molar refractivity (Wildman–Crippen MR) is 84.5 cm³/mol. The van der Waals surface area contributed by atoms with Gasteiger partial charge in [-0.2, -0.15) is 23.4 Å². The summed E-state index contributed by atoms with van der Waals surface area (Å²) in [6, 6.07) is 6.09. The van der Waals surface area contributed by atoms with Gasteiger partial charge in [-0.1, -0.05) is 0 Å². The Morgan fingerprint density at radius 1 is 0.962 bits per heavy atom. The highest BCUT2D eigenvalue weighted by Gasteiger charge is 2.33. The van der Waals surface area contributed by atoms with Gasteiger partial charge >= 0.3 is 6.18 Å². The lowest BCUT2D eigenvalue weighted by atomic mass is 10.3. The van der Waals surface area contributed by atoms with E-state index in [9.17, 15) is 13.2 Å². The highest BCUT2D eigenvalue weighted by molar-refractivity contribution is 5.57. The van der Waals surface area contributed by atoms with E-state index in [2.05, 4.69) is 25.1 Å². The Morgan fingerprint density at radius 2 is 1.85 bits per heavy atom. The lowest BCUT2D eigenvalue weighted by Gasteiger charge is -2.06. The first kappa shape index (κ1) is 15.9. The van der Waals surface area contributed by atoms with Gasteiger partial charge in [0.25, 0.3) is 5.95 Å². The first-order valence-corrected chi connectivity index (χ1v) is 7.42. The van der Waals surface area contributed by atoms with Crippen LogP contribution in [-0.2, 0) is 6.18 Å². The van der Waals surface area contributed by atoms with E-state index in [-0.39, 0.29) is 5.95 Å². The monoisotopic (exact) mass is 357 g/mol. The summed E-state index contributed by atoms with van der Waals surface area (Å²) in [5.41, 5.74) is 0.976. The van der Waals surface area contributed by atoms with Crippen molar-refractivity contribution in [3.63, 3.8) is 0 Å². The maximum absolute atomic E-state index is 12.8. The molecule has 130 valence electrons. The van der Waals surface area contributed by atoms with E-state index < -0.39 is 11.9 Å². The summed E-state index contributed by atoms with van der Waals surface area (Å²) in [5.74, 6) is -0.161. The van der Waals surface area contributed by atoms with Crippen LogP contribution < -0.4 is 0 Å². The zero-order valence-electron chi connectivity index (χ0n) is 13.0. The van der Waals surface area contributed by atoms with Gasteiger partial charge in [0.2, 0.25) is 0 Å². The van der Waals surface area contributed by atoms with Crippen LogP contribution in [0.2, 0.25) is 0 Å². The molecule has 0 saturated heterocycles. The Labute approximate surface area is 144 Å². The molecule has 0 aliphatic carbocycles. The minimum atomic E-state index is -4.54. The quantitative estimate of drug-likeness (QED) is 0.564. The molecule has 26 heavy (non-hydrogen) atoms. The van der Waals surface area contributed by atoms with Gasteiger partial charge in [0.05, 0.1) is 23.8 Å². The molecular formula is C16H10F3N7. The lowest BCUT2D eigenvalue weighted by Crippen LogP contribution is -2.11. The molecule has 4 rings (SSSR count). The van der Waals surface area contributed by atoms with Gasteiger partial charge < -0.3 is 0 Å². The molecule has 0 aromatic carbocycles. The van der Waals surface area contributed by atoms with Gasteiger partial charge in [-0.15, -0.1) is 0 Å². The fourth-order valence-corrected chi connectivity index (χ4v) is 2.29. The zero-order chi connectivity index (χ0) is 18.1. The van der Waals surface area contributed by atoms with Crippen molar-refractivity contribution in [1.29, 1.82) is 0 Å². The molecule has 4 heterocycles. The van der Waals surface area contributed by atoms with E-state index in [1.807, 2.05) is 6.07 Å². The van der Waals surface area contributed by atoms with Crippen LogP contribution >= 0.6 is 0 Å². The molecule has 0 saturated carbocycles. The van der Waals surface area contributed by atoms with Crippen LogP contribution in [0.15, 0.2) is 61.4 Å². The van der Waals surface area contributed by atoms with Crippen LogP contribution in [0.3, 0.4) is 0 Å². The predicted octanol–water partition coefficient (Wildman–Crippen LogP) is 2.93. The summed E-state index contributed by atoms with van der Waals surface area (Å²) in [5, 5.41) is 8.47. The standard InChI is InChI=1S/C16H10F3N7/c17-16(18,19)14-3-6-21-15(23-14)25-7-4-13(24-25)11-8-22-26(10-11)12-2-1-5-20-9-12/h1-10H. The van der Waals surface area contributed by atoms with Gasteiger partial charge in [-0.05, 0) is 24.3 Å². The number of hydrogen-bond acceptors (Lipinski definition) is 5. The molecule has 0 spiro atoms. The van der Waals surface area contributed by atoms with Crippen molar-refractivity contribution < 1.29 is 13.2 Å². The van der Waals surface area contributed by atoms with Gasteiger partial charge in [0, 0.05) is 30.4 Å². The Hall–Kier alpha value is -3.56. The average molecular weight is 357 g/mol. The zero-order valence-corrected chi connectivity index (χ0v) is 13.0. The first-order chi connectivity index (χ1) is 12.5. The molecule has 4 aromatic rings. The molecular weight excluding hydrogens is 347 g/mol. The molecule has 0 aliphatic rings. The van der Waals surface area contributed by atoms with Gasteiger partial charge in [-0.25, -0.2) is 19.3 Å². The molecule has 7 nitrogen and oxygen atoms in total. The maximum Gasteiger partial charge on any atom is 0.433 e. The van der Waals surface area contributed by atoms with Crippen LogP contribution in [-0.4, -0.2) is 34.5 Å². The summed E-state index contributed by atoms with van der Waals surface area (Å²) in [6.45, 7) is 0. The Morgan fingerprint density at radius 3 is 2.62 bits per heavy atom. The smallest absolute Gasteiger partial charge is 0.262 e. The van der Waals surface area contributed by atoms with Gasteiger partial charge in [-0.3, -0.25) is 4.98 Å². The molecule has 0 fully saturated rings. The third kappa shape index (κ3) is 3.04. The SMILES string of the molecule is FC(F)(F)c1ccnc(-n2ccc(-c3cnn(-c4cccnc4)c3)n2)n1. The normalized spacial score (nSPS) is 11.7. The fourth-order valence-electron chi connectivity index (χ4n) is 2.29. The van der Waals surface area contributed by atoms with Crippen LogP contribution in [0.1, 0.15) is 5.69 Å². The van der Waals surface area contributed by atoms with E-state index in [1.165, 1.54) is 10.9 Å². The van der Waals surface area contributed by atoms with E-state index in [1.54, 1.807) is 41.6 Å². The van der Waals surface area contributed by atoms with Crippen molar-refractivity contribution in [2.75, 3.05) is 0 Å². The molecule has 0 radical (unpaired) electrons. The fraction of sp³-hybridized carbons (Fsp3) is 0.0625. The largest absolute Gasteiger partial charge is 0.433 e. The van der Waals surface area contributed by atoms with Crippen LogP contribution in [0.4, 0.5) is 13.2 Å². The van der Waals surface area contributed by atoms with Crippen molar-refractivity contribution >= 4 is 0 Å². The molecule has 4 aromatic heterocycles. The number of rotatable bonds is 3. The van der Waals surface area contributed by atoms with Crippen molar-refractivity contribution in [2.45, 2.75) is 6.18 Å². The second-order valence-corrected chi connectivity index (χ2v) is 5.27. The number of alkyl halides is 3. The molecule has 0 bridgehead atoms. The Kier molecular flexibility index (Phi) is 3.72. The number of nitrogens with zero attached hydrogens (tertiary/aromatic N) is 7. The van der Waals surface area contributed by atoms with Gasteiger partial charge in [0.15, 0.2) is 0 Å². The molecule has 0 N–H and O–H groups in total. The minimum Gasteiger partial charge on any atom is -0.262 e. The van der Waals surface area contributed by atoms with Crippen molar-refractivity contribution in [2.24, 2.45) is 0 Å². The van der Waals surface area contributed by atoms with E-state index in [4.69, 9.17) is 0 Å². The summed E-state index contributed by atoms with van der Waals surface area (Å²) in [6.07, 6.45) is 4.66. The second-order valence-electron chi connectivity index (χ2n) is 5.27. The highest BCUT2D eigenvalue weighted by Crippen LogP contribution is 2.27. The van der Waals surface area contributed by atoms with Gasteiger partial charge in [0.1, 0.15) is 5.69 Å². The number of aromatic nitrogens is 7. The summed E-state index contributed by atoms with van der Waals surface area (Å²) in [7, 11) is 0. The Balaban J connectivity index is 1.64. The highest BCUT2D eigenvalue weighted by atomic mass is 19.4. The summed E-state index contributed by atoms with van der Waals surface area (Å²) in [4.78, 5) is 11.4. The molecule has 0 aliphatic heterocycles. The third-order valence-corrected chi connectivity index (χ3v) is 3.52. The number of hydrogen-bond donors (Lipinski definition) is 0. The van der Waals surface area contributed by atoms with Crippen molar-refractivity contribution in [3.8, 4) is 22.9 Å². The lowest BCUT2D eigenvalue weighted by molar-refractivity contribution is -0.141. The molecule has 0 atom stereocenters. The van der Waals surface area contributed by atoms with E-state index >= 15 is 0 Å². The third-order valence-electron chi connectivity index (χ3n) is 3.52. The van der Waals surface area contributed by atoms with E-state index in [0.717, 1.165) is 18.0 Å². The minimum absolute atomic E-state index is 0.161. The molecule has 10 heteroatoms. The average Bonchev–Trinajstić information content (AvgIpc) is 3.31. The van der Waals surface area contributed by atoms with Crippen molar-refractivity contribution in [1.82, 2.24) is 34.5 Å². The van der Waals surface area contributed by atoms with E-state index in [0.29, 0.717) is 11.3 Å². The summed E-state index contributed by atoms with van der Waals surface area (Å²) >= 11 is 0. The number of halogens is 3. The summed E-state index contributed by atoms with van der Waals surface area (Å²) < 4.78 is 41.2. The number of pyridine rings is 1.